The number of aryl methyl sites for hydroxylation is 1. The number of hydrogen-bond donors (Lipinski definition) is 6. The third-order valence-electron chi connectivity index (χ3n) is 15.2. The molecule has 8 N–H and O–H groups in total. The third-order valence-corrected chi connectivity index (χ3v) is 16.6. The molecule has 0 aliphatic carbocycles. The fourth-order valence-electron chi connectivity index (χ4n) is 10.6. The maximum atomic E-state index is 15.7. The topological polar surface area (TPSA) is 244 Å². The molecule has 4 aliphatic heterocycles. The van der Waals surface area contributed by atoms with Crippen LogP contribution in [0.15, 0.2) is 72.5 Å². The van der Waals surface area contributed by atoms with Gasteiger partial charge in [-0.1, -0.05) is 74.0 Å². The van der Waals surface area contributed by atoms with Gasteiger partial charge in [-0.25, -0.2) is 15.2 Å². The van der Waals surface area contributed by atoms with Gasteiger partial charge < -0.3 is 55.2 Å². The number of piperazine rings is 1. The monoisotopic (exact) mass is 1120 g/mol. The molecule has 418 valence electrons. The summed E-state index contributed by atoms with van der Waals surface area (Å²) >= 11 is 9.10. The van der Waals surface area contributed by atoms with Gasteiger partial charge in [-0.05, 0) is 79.8 Å². The minimum atomic E-state index is -0.425. The number of hydrogen-bond acceptors (Lipinski definition) is 17. The molecule has 3 saturated heterocycles. The first-order valence-corrected chi connectivity index (χ1v) is 27.6. The van der Waals surface area contributed by atoms with Crippen LogP contribution in [0.5, 0.6) is 17.5 Å². The number of anilines is 1. The predicted molar refractivity (Wildman–Crippen MR) is 305 cm³/mol. The SMILES string of the molecule is CO.COCCOc1nc2c3c(c(Cl)c(-c4c(C)c(F)cc5[nH]ncc45)c(OCc4ccc(/C(N)=C/N(N)C(C)C(C)C)cc4)c3n1)OCC1C3CC(CN3)N21.Cc1ncsc1-c1ccc(CNC(=O)C2CCCN2C=O)cc1. The molecule has 19 nitrogen and oxygen atoms in total. The minimum absolute atomic E-state index is 0.00128. The van der Waals surface area contributed by atoms with Gasteiger partial charge in [-0.2, -0.15) is 15.1 Å². The van der Waals surface area contributed by atoms with Crippen molar-refractivity contribution in [1.82, 2.24) is 45.7 Å². The van der Waals surface area contributed by atoms with Crippen molar-refractivity contribution in [2.45, 2.75) is 97.2 Å². The van der Waals surface area contributed by atoms with Gasteiger partial charge in [-0.3, -0.25) is 14.7 Å². The second kappa shape index (κ2) is 24.9. The smallest absolute Gasteiger partial charge is 0.319 e. The number of nitrogens with zero attached hydrogens (tertiary/aromatic N) is 7. The number of hydrazine groups is 1. The molecule has 0 saturated carbocycles. The Bertz CT molecular complexity index is 3320. The zero-order valence-corrected chi connectivity index (χ0v) is 47.0. The molecule has 7 heterocycles. The number of H-pyrrole nitrogens is 1. The molecular weight excluding hydrogens is 1050 g/mol. The number of methoxy groups -OCH3 is 1. The highest BCUT2D eigenvalue weighted by Crippen LogP contribution is 2.55. The summed E-state index contributed by atoms with van der Waals surface area (Å²) in [4.78, 5) is 42.4. The first-order chi connectivity index (χ1) is 38.2. The number of aliphatic hydroxyl groups excluding tert-OH is 1. The number of nitrogens with one attached hydrogen (secondary N) is 3. The van der Waals surface area contributed by atoms with E-state index < -0.39 is 5.82 Å². The lowest BCUT2D eigenvalue weighted by atomic mass is 9.93. The van der Waals surface area contributed by atoms with E-state index in [4.69, 9.17) is 57.2 Å². The molecule has 3 fully saturated rings. The van der Waals surface area contributed by atoms with E-state index in [2.05, 4.69) is 63.6 Å². The first kappa shape index (κ1) is 56.6. The third kappa shape index (κ3) is 11.6. The number of amides is 2. The quantitative estimate of drug-likeness (QED) is 0.0222. The molecule has 79 heavy (non-hydrogen) atoms. The van der Waals surface area contributed by atoms with Crippen LogP contribution in [0, 0.1) is 25.6 Å². The van der Waals surface area contributed by atoms with Crippen molar-refractivity contribution >= 4 is 68.6 Å². The molecule has 22 heteroatoms. The highest BCUT2D eigenvalue weighted by molar-refractivity contribution is 7.13. The van der Waals surface area contributed by atoms with E-state index in [0.29, 0.717) is 93.7 Å². The number of ether oxygens (including phenoxy) is 4. The molecule has 11 rings (SSSR count). The van der Waals surface area contributed by atoms with Crippen molar-refractivity contribution in [2.75, 3.05) is 52.0 Å². The van der Waals surface area contributed by atoms with E-state index in [1.165, 1.54) is 10.9 Å². The van der Waals surface area contributed by atoms with Gasteiger partial charge in [0, 0.05) is 74.7 Å². The van der Waals surface area contributed by atoms with Gasteiger partial charge in [-0.15, -0.1) is 11.3 Å². The number of thiazole rings is 1. The average Bonchev–Trinajstić information content (AvgIpc) is 4.24. The van der Waals surface area contributed by atoms with Crippen molar-refractivity contribution in [3.8, 4) is 39.1 Å². The Labute approximate surface area is 467 Å². The van der Waals surface area contributed by atoms with Crippen LogP contribution in [0.2, 0.25) is 5.02 Å². The zero-order valence-electron chi connectivity index (χ0n) is 45.4. The lowest BCUT2D eigenvalue weighted by Crippen LogP contribution is -2.53. The number of carbonyl (C=O) groups is 2. The average molecular weight is 1120 g/mol. The Morgan fingerprint density at radius 1 is 1.08 bits per heavy atom. The Kier molecular flexibility index (Phi) is 17.8. The van der Waals surface area contributed by atoms with E-state index in [1.54, 1.807) is 47.7 Å². The number of rotatable bonds is 17. The van der Waals surface area contributed by atoms with Crippen LogP contribution < -0.4 is 41.3 Å². The second-order valence-corrected chi connectivity index (χ2v) is 21.5. The van der Waals surface area contributed by atoms with Crippen molar-refractivity contribution < 1.29 is 38.0 Å². The van der Waals surface area contributed by atoms with Gasteiger partial charge in [0.15, 0.2) is 11.5 Å². The summed E-state index contributed by atoms with van der Waals surface area (Å²) in [7, 11) is 2.61. The molecular formula is C57H68ClFN12O7S. The van der Waals surface area contributed by atoms with Crippen LogP contribution in [0.4, 0.5) is 10.2 Å². The predicted octanol–water partition coefficient (Wildman–Crippen LogP) is 7.63. The molecule has 5 unspecified atom stereocenters. The molecule has 4 aromatic carbocycles. The summed E-state index contributed by atoms with van der Waals surface area (Å²) in [5, 5.41) is 23.9. The normalized spacial score (nSPS) is 18.6. The summed E-state index contributed by atoms with van der Waals surface area (Å²) in [6.07, 6.45) is 6.77. The van der Waals surface area contributed by atoms with Crippen molar-refractivity contribution in [3.63, 3.8) is 0 Å². The van der Waals surface area contributed by atoms with Gasteiger partial charge in [0.25, 0.3) is 0 Å². The first-order valence-electron chi connectivity index (χ1n) is 26.4. The van der Waals surface area contributed by atoms with E-state index in [0.717, 1.165) is 67.3 Å². The lowest BCUT2D eigenvalue weighted by molar-refractivity contribution is -0.131. The summed E-state index contributed by atoms with van der Waals surface area (Å²) in [5.41, 5.74) is 16.0. The second-order valence-electron chi connectivity index (χ2n) is 20.3. The molecule has 4 aliphatic rings. The Morgan fingerprint density at radius 2 is 1.84 bits per heavy atom. The fourth-order valence-corrected chi connectivity index (χ4v) is 11.8. The largest absolute Gasteiger partial charge is 0.489 e. The molecule has 2 amide bonds. The highest BCUT2D eigenvalue weighted by atomic mass is 35.5. The highest BCUT2D eigenvalue weighted by Gasteiger charge is 2.49. The summed E-state index contributed by atoms with van der Waals surface area (Å²) in [5.74, 6) is 7.54. The number of aliphatic hydroxyl groups is 1. The molecule has 2 bridgehead atoms. The number of fused-ring (bicyclic) bond motifs is 7. The van der Waals surface area contributed by atoms with Crippen LogP contribution >= 0.6 is 22.9 Å². The van der Waals surface area contributed by atoms with E-state index in [1.807, 2.05) is 48.8 Å². The van der Waals surface area contributed by atoms with Crippen LogP contribution in [-0.4, -0.2) is 130 Å². The Morgan fingerprint density at radius 3 is 2.54 bits per heavy atom. The Hall–Kier alpha value is -7.14. The van der Waals surface area contributed by atoms with E-state index in [-0.39, 0.29) is 60.4 Å². The molecule has 5 atom stereocenters. The minimum Gasteiger partial charge on any atom is -0.489 e. The van der Waals surface area contributed by atoms with Crippen LogP contribution in [0.3, 0.4) is 0 Å². The van der Waals surface area contributed by atoms with Crippen molar-refractivity contribution in [3.05, 3.63) is 111 Å². The number of likely N-dealkylation sites (tertiary alicyclic amines) is 1. The molecule has 3 aromatic heterocycles. The van der Waals surface area contributed by atoms with Crippen molar-refractivity contribution in [2.24, 2.45) is 17.5 Å². The number of carbonyl (C=O) groups excluding carboxylic acids is 2. The molecule has 0 spiro atoms. The van der Waals surface area contributed by atoms with Crippen molar-refractivity contribution in [1.29, 1.82) is 0 Å². The number of halogens is 2. The molecule has 7 aromatic rings. The van der Waals surface area contributed by atoms with E-state index in [9.17, 15) is 9.59 Å². The maximum absolute atomic E-state index is 15.7. The standard InChI is InChI=1S/C39H45ClFN9O4.C17H19N3O2S.CH4O/c1-19(2)21(4)49(43)16-27(42)23-8-6-22(7-9-23)17-53-37-32(31-20(3)26(41)13-28-25(31)15-45-48-28)34(40)36-33-35(37)46-39(52-11-10-51-5)47-38(33)50-24-12-29(44-14-24)30(50)18-54-36;1-12-16(23-10-19-12)14-6-4-13(5-7-14)9-18-17(22)15-3-2-8-20(15)11-21;1-2/h6-9,13,15-16,19,21,24,29-30,44H,10-12,14,17-18,42-43H2,1-5H3,(H,45,48);4-7,10-11,15H,2-3,8-9H2,1H3,(H,18,22);2H,1H3/b27-16-;;. The van der Waals surface area contributed by atoms with Gasteiger partial charge in [0.2, 0.25) is 12.3 Å². The molecule has 0 radical (unpaired) electrons. The maximum Gasteiger partial charge on any atom is 0.319 e. The van der Waals surface area contributed by atoms with Crippen LogP contribution in [-0.2, 0) is 27.5 Å². The van der Waals surface area contributed by atoms with Crippen LogP contribution in [0.25, 0.3) is 49.1 Å². The fraction of sp³-hybridized carbons (Fsp3) is 0.404. The zero-order chi connectivity index (χ0) is 56.1. The number of aromatic amines is 1. The lowest BCUT2D eigenvalue weighted by Gasteiger charge is -2.35. The number of nitrogens with two attached hydrogens (primary N) is 2. The van der Waals surface area contributed by atoms with Gasteiger partial charge in [0.05, 0.1) is 56.5 Å². The van der Waals surface area contributed by atoms with E-state index >= 15 is 4.39 Å². The Balaban J connectivity index is 0.000000252. The van der Waals surface area contributed by atoms with Gasteiger partial charge >= 0.3 is 6.01 Å². The number of benzene rings is 4. The summed E-state index contributed by atoms with van der Waals surface area (Å²) in [6.45, 7) is 13.0. The number of aromatic nitrogens is 5. The summed E-state index contributed by atoms with van der Waals surface area (Å²) in [6, 6.07) is 17.7. The van der Waals surface area contributed by atoms with Crippen LogP contribution in [0.1, 0.15) is 68.0 Å². The van der Waals surface area contributed by atoms with Gasteiger partial charge in [0.1, 0.15) is 43.0 Å². The summed E-state index contributed by atoms with van der Waals surface area (Å²) < 4.78 is 40.5.